The molecule has 0 aliphatic carbocycles. The second kappa shape index (κ2) is 4.80. The number of aliphatic carboxylic acids is 1. The number of Topliss-reactive ketones (excluding diaryl/α,β-unsaturated/α-hetero) is 1. The van der Waals surface area contributed by atoms with Crippen molar-refractivity contribution < 1.29 is 28.2 Å². The van der Waals surface area contributed by atoms with Crippen LogP contribution in [0.25, 0.3) is 0 Å². The SMILES string of the molecule is COCc1ccc(F)c(C(=O)C(=O)O)c1F. The van der Waals surface area contributed by atoms with Crippen molar-refractivity contribution in [3.05, 3.63) is 34.9 Å². The van der Waals surface area contributed by atoms with Crippen LogP contribution in [0.5, 0.6) is 0 Å². The number of carboxylic acid groups (broad SMARTS) is 1. The predicted molar refractivity (Wildman–Crippen MR) is 49.0 cm³/mol. The van der Waals surface area contributed by atoms with Gasteiger partial charge in [-0.25, -0.2) is 13.6 Å². The van der Waals surface area contributed by atoms with Crippen molar-refractivity contribution in [2.45, 2.75) is 6.61 Å². The summed E-state index contributed by atoms with van der Waals surface area (Å²) < 4.78 is 31.3. The first-order chi connectivity index (χ1) is 7.49. The average Bonchev–Trinajstić information content (AvgIpc) is 2.22. The Morgan fingerprint density at radius 3 is 2.50 bits per heavy atom. The molecule has 0 radical (unpaired) electrons. The van der Waals surface area contributed by atoms with Crippen molar-refractivity contribution >= 4 is 11.8 Å². The number of hydrogen-bond donors (Lipinski definition) is 1. The summed E-state index contributed by atoms with van der Waals surface area (Å²) in [7, 11) is 1.29. The number of halogens is 2. The summed E-state index contributed by atoms with van der Waals surface area (Å²) in [6.45, 7) is -0.175. The van der Waals surface area contributed by atoms with Gasteiger partial charge in [-0.15, -0.1) is 0 Å². The lowest BCUT2D eigenvalue weighted by atomic mass is 10.1. The number of ether oxygens (including phenoxy) is 1. The van der Waals surface area contributed by atoms with Gasteiger partial charge in [-0.3, -0.25) is 4.79 Å². The minimum atomic E-state index is -1.91. The Bertz CT molecular complexity index is 443. The third-order valence-corrected chi connectivity index (χ3v) is 1.89. The first-order valence-corrected chi connectivity index (χ1v) is 4.22. The van der Waals surface area contributed by atoms with E-state index in [2.05, 4.69) is 4.74 Å². The van der Waals surface area contributed by atoms with Crippen LogP contribution < -0.4 is 0 Å². The molecule has 0 fully saturated rings. The van der Waals surface area contributed by atoms with Crippen LogP contribution in [0.1, 0.15) is 15.9 Å². The molecule has 4 nitrogen and oxygen atoms in total. The van der Waals surface area contributed by atoms with Gasteiger partial charge in [-0.1, -0.05) is 6.07 Å². The highest BCUT2D eigenvalue weighted by atomic mass is 19.1. The molecular weight excluding hydrogens is 222 g/mol. The van der Waals surface area contributed by atoms with Gasteiger partial charge < -0.3 is 9.84 Å². The Morgan fingerprint density at radius 2 is 2.00 bits per heavy atom. The van der Waals surface area contributed by atoms with Gasteiger partial charge >= 0.3 is 5.97 Å². The second-order valence-electron chi connectivity index (χ2n) is 2.96. The molecule has 1 aromatic rings. The van der Waals surface area contributed by atoms with Gasteiger partial charge in [0.05, 0.1) is 6.61 Å². The molecule has 0 spiro atoms. The molecule has 0 unspecified atom stereocenters. The van der Waals surface area contributed by atoms with Crippen molar-refractivity contribution in [1.82, 2.24) is 0 Å². The zero-order valence-corrected chi connectivity index (χ0v) is 8.29. The summed E-state index contributed by atoms with van der Waals surface area (Å²) in [6, 6.07) is 1.92. The zero-order valence-electron chi connectivity index (χ0n) is 8.29. The van der Waals surface area contributed by atoms with E-state index < -0.39 is 29.0 Å². The predicted octanol–water partition coefficient (Wildman–Crippen LogP) is 1.38. The summed E-state index contributed by atoms with van der Waals surface area (Å²) in [5, 5.41) is 8.39. The van der Waals surface area contributed by atoms with Gasteiger partial charge in [0.1, 0.15) is 17.2 Å². The zero-order chi connectivity index (χ0) is 12.3. The molecule has 0 aliphatic heterocycles. The third kappa shape index (κ3) is 2.22. The Labute approximate surface area is 89.5 Å². The van der Waals surface area contributed by atoms with E-state index in [9.17, 15) is 18.4 Å². The number of hydrogen-bond acceptors (Lipinski definition) is 3. The molecule has 0 amide bonds. The third-order valence-electron chi connectivity index (χ3n) is 1.89. The van der Waals surface area contributed by atoms with E-state index in [1.807, 2.05) is 0 Å². The van der Waals surface area contributed by atoms with Crippen LogP contribution in [-0.2, 0) is 16.1 Å². The van der Waals surface area contributed by atoms with E-state index in [0.29, 0.717) is 0 Å². The van der Waals surface area contributed by atoms with Crippen molar-refractivity contribution in [3.8, 4) is 0 Å². The molecule has 1 N–H and O–H groups in total. The topological polar surface area (TPSA) is 63.6 Å². The van der Waals surface area contributed by atoms with Gasteiger partial charge in [0, 0.05) is 12.7 Å². The Morgan fingerprint density at radius 1 is 1.38 bits per heavy atom. The molecule has 0 aromatic heterocycles. The highest BCUT2D eigenvalue weighted by Crippen LogP contribution is 2.18. The van der Waals surface area contributed by atoms with Gasteiger partial charge in [0.2, 0.25) is 0 Å². The van der Waals surface area contributed by atoms with E-state index in [1.54, 1.807) is 0 Å². The maximum atomic E-state index is 13.5. The van der Waals surface area contributed by atoms with Gasteiger partial charge in [-0.05, 0) is 6.07 Å². The van der Waals surface area contributed by atoms with Crippen LogP contribution >= 0.6 is 0 Å². The number of methoxy groups -OCH3 is 1. The number of rotatable bonds is 4. The molecule has 0 bridgehead atoms. The van der Waals surface area contributed by atoms with Crippen LogP contribution in [0.3, 0.4) is 0 Å². The van der Waals surface area contributed by atoms with Crippen LogP contribution in [-0.4, -0.2) is 24.0 Å². The summed E-state index contributed by atoms with van der Waals surface area (Å²) in [4.78, 5) is 21.4. The molecule has 1 rings (SSSR count). The fourth-order valence-corrected chi connectivity index (χ4v) is 1.18. The van der Waals surface area contributed by atoms with Crippen molar-refractivity contribution in [3.63, 3.8) is 0 Å². The monoisotopic (exact) mass is 230 g/mol. The number of ketones is 1. The minimum Gasteiger partial charge on any atom is -0.475 e. The van der Waals surface area contributed by atoms with E-state index in [1.165, 1.54) is 7.11 Å². The van der Waals surface area contributed by atoms with E-state index in [0.717, 1.165) is 12.1 Å². The number of benzene rings is 1. The molecule has 0 atom stereocenters. The van der Waals surface area contributed by atoms with Crippen molar-refractivity contribution in [2.24, 2.45) is 0 Å². The van der Waals surface area contributed by atoms with Gasteiger partial charge in [0.25, 0.3) is 5.78 Å². The Balaban J connectivity index is 3.31. The molecule has 0 saturated heterocycles. The number of carbonyl (C=O) groups excluding carboxylic acids is 1. The summed E-state index contributed by atoms with van der Waals surface area (Å²) >= 11 is 0. The molecule has 16 heavy (non-hydrogen) atoms. The van der Waals surface area contributed by atoms with E-state index in [-0.39, 0.29) is 12.2 Å². The molecule has 86 valence electrons. The van der Waals surface area contributed by atoms with Crippen molar-refractivity contribution in [1.29, 1.82) is 0 Å². The van der Waals surface area contributed by atoms with Crippen LogP contribution in [0, 0.1) is 11.6 Å². The van der Waals surface area contributed by atoms with E-state index in [4.69, 9.17) is 5.11 Å². The molecule has 0 aliphatic rings. The van der Waals surface area contributed by atoms with Crippen LogP contribution in [0.15, 0.2) is 12.1 Å². The summed E-state index contributed by atoms with van der Waals surface area (Å²) in [5.74, 6) is -5.93. The quantitative estimate of drug-likeness (QED) is 0.626. The Kier molecular flexibility index (Phi) is 3.68. The van der Waals surface area contributed by atoms with E-state index >= 15 is 0 Å². The number of carboxylic acids is 1. The minimum absolute atomic E-state index is 0.0755. The van der Waals surface area contributed by atoms with Gasteiger partial charge in [-0.2, -0.15) is 0 Å². The smallest absolute Gasteiger partial charge is 0.377 e. The fraction of sp³-hybridized carbons (Fsp3) is 0.200. The maximum Gasteiger partial charge on any atom is 0.377 e. The van der Waals surface area contributed by atoms with Crippen LogP contribution in [0.2, 0.25) is 0 Å². The summed E-state index contributed by atoms with van der Waals surface area (Å²) in [5.41, 5.74) is -1.14. The van der Waals surface area contributed by atoms with Gasteiger partial charge in [0.15, 0.2) is 0 Å². The fourth-order valence-electron chi connectivity index (χ4n) is 1.18. The highest BCUT2D eigenvalue weighted by Gasteiger charge is 2.25. The Hall–Kier alpha value is -1.82. The molecule has 6 heteroatoms. The highest BCUT2D eigenvalue weighted by molar-refractivity contribution is 6.40. The lowest BCUT2D eigenvalue weighted by Crippen LogP contribution is -2.17. The standard InChI is InChI=1S/C10H8F2O4/c1-16-4-5-2-3-6(11)7(8(5)12)9(13)10(14)15/h2-3H,4H2,1H3,(H,14,15). The molecule has 0 saturated carbocycles. The lowest BCUT2D eigenvalue weighted by molar-refractivity contribution is -0.131. The second-order valence-corrected chi connectivity index (χ2v) is 2.96. The first-order valence-electron chi connectivity index (χ1n) is 4.22. The lowest BCUT2D eigenvalue weighted by Gasteiger charge is -2.06. The number of carbonyl (C=O) groups is 2. The normalized spacial score (nSPS) is 10.2. The molecule has 1 aromatic carbocycles. The largest absolute Gasteiger partial charge is 0.475 e. The first kappa shape index (κ1) is 12.3. The maximum absolute atomic E-state index is 13.5. The summed E-state index contributed by atoms with van der Waals surface area (Å²) in [6.07, 6.45) is 0. The molecule has 0 heterocycles. The molecular formula is C10H8F2O4. The average molecular weight is 230 g/mol. The van der Waals surface area contributed by atoms with Crippen molar-refractivity contribution in [2.75, 3.05) is 7.11 Å². The van der Waals surface area contributed by atoms with Crippen LogP contribution in [0.4, 0.5) is 8.78 Å².